The van der Waals surface area contributed by atoms with Crippen molar-refractivity contribution in [1.82, 2.24) is 4.98 Å². The van der Waals surface area contributed by atoms with Crippen LogP contribution in [0.2, 0.25) is 5.02 Å². The summed E-state index contributed by atoms with van der Waals surface area (Å²) in [5.74, 6) is -0.133. The van der Waals surface area contributed by atoms with E-state index in [1.165, 1.54) is 6.07 Å². The van der Waals surface area contributed by atoms with Crippen molar-refractivity contribution in [1.29, 1.82) is 0 Å². The van der Waals surface area contributed by atoms with Crippen molar-refractivity contribution in [2.45, 2.75) is 0 Å². The van der Waals surface area contributed by atoms with Gasteiger partial charge in [0.05, 0.1) is 0 Å². The van der Waals surface area contributed by atoms with Gasteiger partial charge in [-0.15, -0.1) is 0 Å². The Kier molecular flexibility index (Phi) is 3.12. The van der Waals surface area contributed by atoms with E-state index < -0.39 is 0 Å². The number of H-pyrrole nitrogens is 1. The lowest BCUT2D eigenvalue weighted by Crippen LogP contribution is -2.05. The van der Waals surface area contributed by atoms with Gasteiger partial charge in [-0.2, -0.15) is 0 Å². The normalized spacial score (nSPS) is 10.7. The highest BCUT2D eigenvalue weighted by molar-refractivity contribution is 6.30. The first-order valence-electron chi connectivity index (χ1n) is 6.07. The number of halogens is 1. The van der Waals surface area contributed by atoms with E-state index in [4.69, 9.17) is 11.6 Å². The number of fused-ring (bicyclic) bond motifs is 1. The quantitative estimate of drug-likeness (QED) is 0.733. The molecule has 0 saturated carbocycles. The van der Waals surface area contributed by atoms with E-state index in [0.717, 1.165) is 0 Å². The number of pyridine rings is 1. The molecule has 0 unspecified atom stereocenters. The average molecular weight is 284 g/mol. The highest BCUT2D eigenvalue weighted by atomic mass is 35.5. The van der Waals surface area contributed by atoms with Gasteiger partial charge < -0.3 is 4.98 Å². The van der Waals surface area contributed by atoms with Crippen LogP contribution in [0.4, 0.5) is 0 Å². The molecule has 3 rings (SSSR count). The highest BCUT2D eigenvalue weighted by Crippen LogP contribution is 2.16. The number of rotatable bonds is 2. The number of hydrogen-bond acceptors (Lipinski definition) is 2. The summed E-state index contributed by atoms with van der Waals surface area (Å²) in [6.07, 6.45) is 1.59. The maximum absolute atomic E-state index is 12.4. The van der Waals surface area contributed by atoms with Gasteiger partial charge in [0.15, 0.2) is 11.2 Å². The molecule has 0 bridgehead atoms. The monoisotopic (exact) mass is 283 g/mol. The summed E-state index contributed by atoms with van der Waals surface area (Å²) in [5, 5.41) is 1.09. The molecule has 0 amide bonds. The van der Waals surface area contributed by atoms with Crippen molar-refractivity contribution in [3.05, 3.63) is 81.1 Å². The number of ketones is 1. The molecule has 4 heteroatoms. The number of hydrogen-bond donors (Lipinski definition) is 1. The molecule has 1 aromatic heterocycles. The van der Waals surface area contributed by atoms with Gasteiger partial charge in [-0.25, -0.2) is 0 Å². The zero-order valence-corrected chi connectivity index (χ0v) is 11.1. The molecule has 0 aliphatic heterocycles. The summed E-state index contributed by atoms with van der Waals surface area (Å²) in [6, 6.07) is 13.2. The first kappa shape index (κ1) is 12.6. The van der Waals surface area contributed by atoms with Crippen molar-refractivity contribution in [3.8, 4) is 0 Å². The second-order valence-electron chi connectivity index (χ2n) is 4.44. The number of aromatic nitrogens is 1. The minimum Gasteiger partial charge on any atom is -0.361 e. The molecule has 0 saturated heterocycles. The van der Waals surface area contributed by atoms with Crippen LogP contribution in [0, 0.1) is 0 Å². The van der Waals surface area contributed by atoms with E-state index in [-0.39, 0.29) is 11.2 Å². The zero-order chi connectivity index (χ0) is 14.1. The molecule has 1 N–H and O–H groups in total. The second-order valence-corrected chi connectivity index (χ2v) is 4.87. The molecule has 20 heavy (non-hydrogen) atoms. The second kappa shape index (κ2) is 4.94. The predicted molar refractivity (Wildman–Crippen MR) is 79.5 cm³/mol. The van der Waals surface area contributed by atoms with Crippen molar-refractivity contribution in [2.24, 2.45) is 0 Å². The third-order valence-corrected chi connectivity index (χ3v) is 3.38. The van der Waals surface area contributed by atoms with Gasteiger partial charge in [-0.1, -0.05) is 11.6 Å². The fraction of sp³-hybridized carbons (Fsp3) is 0. The maximum Gasteiger partial charge on any atom is 0.193 e. The molecule has 2 aromatic carbocycles. The van der Waals surface area contributed by atoms with Crippen LogP contribution in [0.1, 0.15) is 15.9 Å². The molecular formula is C16H10ClNO2. The Bertz CT molecular complexity index is 850. The van der Waals surface area contributed by atoms with E-state index in [1.54, 1.807) is 48.7 Å². The molecule has 0 aliphatic rings. The molecular weight excluding hydrogens is 274 g/mol. The van der Waals surface area contributed by atoms with Crippen molar-refractivity contribution in [2.75, 3.05) is 0 Å². The van der Waals surface area contributed by atoms with Crippen molar-refractivity contribution in [3.63, 3.8) is 0 Å². The smallest absolute Gasteiger partial charge is 0.193 e. The molecule has 0 spiro atoms. The zero-order valence-electron chi connectivity index (χ0n) is 10.4. The van der Waals surface area contributed by atoms with Crippen LogP contribution in [-0.4, -0.2) is 10.8 Å². The van der Waals surface area contributed by atoms with E-state index in [1.807, 2.05) is 0 Å². The van der Waals surface area contributed by atoms with Gasteiger partial charge in [0.1, 0.15) is 0 Å². The lowest BCUT2D eigenvalue weighted by atomic mass is 10.0. The first-order valence-corrected chi connectivity index (χ1v) is 6.45. The third kappa shape index (κ3) is 2.24. The van der Waals surface area contributed by atoms with Gasteiger partial charge in [0, 0.05) is 39.3 Å². The Labute approximate surface area is 119 Å². The molecule has 0 aliphatic carbocycles. The van der Waals surface area contributed by atoms with Crippen LogP contribution in [0.5, 0.6) is 0 Å². The van der Waals surface area contributed by atoms with Crippen LogP contribution in [0.25, 0.3) is 10.9 Å². The van der Waals surface area contributed by atoms with Crippen LogP contribution >= 0.6 is 11.6 Å². The highest BCUT2D eigenvalue weighted by Gasteiger charge is 2.10. The molecule has 3 nitrogen and oxygen atoms in total. The molecule has 1 heterocycles. The summed E-state index contributed by atoms with van der Waals surface area (Å²) in [6.45, 7) is 0. The minimum atomic E-state index is -0.133. The van der Waals surface area contributed by atoms with E-state index >= 15 is 0 Å². The number of carbonyl (C=O) groups is 1. The molecule has 98 valence electrons. The van der Waals surface area contributed by atoms with Gasteiger partial charge in [0.25, 0.3) is 0 Å². The van der Waals surface area contributed by atoms with Gasteiger partial charge >= 0.3 is 0 Å². The molecule has 0 fully saturated rings. The van der Waals surface area contributed by atoms with Crippen molar-refractivity contribution < 1.29 is 4.79 Å². The summed E-state index contributed by atoms with van der Waals surface area (Å²) in [4.78, 5) is 27.1. The largest absolute Gasteiger partial charge is 0.361 e. The standard InChI is InChI=1S/C16H10ClNO2/c17-12-4-1-10(2-5-12)16(20)11-3-6-14-13(9-11)15(19)7-8-18-14/h1-9H,(H,18,19). The predicted octanol–water partition coefficient (Wildman–Crippen LogP) is 3.41. The number of nitrogens with one attached hydrogen (secondary N) is 1. The maximum atomic E-state index is 12.4. The topological polar surface area (TPSA) is 49.9 Å². The Hall–Kier alpha value is -2.39. The first-order chi connectivity index (χ1) is 9.65. The lowest BCUT2D eigenvalue weighted by molar-refractivity contribution is 0.103. The molecule has 0 atom stereocenters. The fourth-order valence-electron chi connectivity index (χ4n) is 2.08. The Morgan fingerprint density at radius 1 is 0.950 bits per heavy atom. The van der Waals surface area contributed by atoms with Crippen LogP contribution < -0.4 is 5.43 Å². The summed E-state index contributed by atoms with van der Waals surface area (Å²) in [5.41, 5.74) is 1.63. The van der Waals surface area contributed by atoms with E-state index in [2.05, 4.69) is 4.98 Å². The van der Waals surface area contributed by atoms with Crippen LogP contribution in [0.3, 0.4) is 0 Å². The average Bonchev–Trinajstić information content (AvgIpc) is 2.47. The minimum absolute atomic E-state index is 0.107. The number of benzene rings is 2. The van der Waals surface area contributed by atoms with Gasteiger partial charge in [-0.3, -0.25) is 9.59 Å². The van der Waals surface area contributed by atoms with Crippen LogP contribution in [0.15, 0.2) is 59.5 Å². The van der Waals surface area contributed by atoms with Gasteiger partial charge in [0.2, 0.25) is 0 Å². The van der Waals surface area contributed by atoms with Crippen LogP contribution in [-0.2, 0) is 0 Å². The Balaban J connectivity index is 2.10. The Morgan fingerprint density at radius 2 is 1.65 bits per heavy atom. The Morgan fingerprint density at radius 3 is 2.40 bits per heavy atom. The summed E-state index contributed by atoms with van der Waals surface area (Å²) >= 11 is 5.80. The molecule has 3 aromatic rings. The van der Waals surface area contributed by atoms with E-state index in [9.17, 15) is 9.59 Å². The lowest BCUT2D eigenvalue weighted by Gasteiger charge is -2.03. The SMILES string of the molecule is O=C(c1ccc(Cl)cc1)c1ccc2[nH]ccc(=O)c2c1. The molecule has 0 radical (unpaired) electrons. The van der Waals surface area contributed by atoms with Crippen molar-refractivity contribution >= 4 is 28.3 Å². The third-order valence-electron chi connectivity index (χ3n) is 3.13. The fourth-order valence-corrected chi connectivity index (χ4v) is 2.21. The van der Waals surface area contributed by atoms with E-state index in [0.29, 0.717) is 27.1 Å². The number of carbonyl (C=O) groups excluding carboxylic acids is 1. The van der Waals surface area contributed by atoms with Gasteiger partial charge in [-0.05, 0) is 42.5 Å². The summed E-state index contributed by atoms with van der Waals surface area (Å²) in [7, 11) is 0. The number of aromatic amines is 1. The summed E-state index contributed by atoms with van der Waals surface area (Å²) < 4.78 is 0.